The lowest BCUT2D eigenvalue weighted by Gasteiger charge is -2.35. The van der Waals surface area contributed by atoms with E-state index in [1.165, 1.54) is 12.8 Å². The molecule has 0 N–H and O–H groups in total. The maximum absolute atomic E-state index is 12.3. The van der Waals surface area contributed by atoms with Crippen LogP contribution in [0, 0.1) is 5.92 Å². The van der Waals surface area contributed by atoms with Crippen LogP contribution in [0.5, 0.6) is 0 Å². The van der Waals surface area contributed by atoms with Crippen molar-refractivity contribution in [3.05, 3.63) is 0 Å². The van der Waals surface area contributed by atoms with Crippen LogP contribution < -0.4 is 0 Å². The molecule has 0 aliphatic carbocycles. The molecule has 2 fully saturated rings. The number of carbonyl (C=O) groups is 2. The summed E-state index contributed by atoms with van der Waals surface area (Å²) in [4.78, 5) is 29.9. The average molecular weight is 311 g/mol. The van der Waals surface area contributed by atoms with Crippen LogP contribution in [0.2, 0.25) is 0 Å². The van der Waals surface area contributed by atoms with Crippen LogP contribution in [0.3, 0.4) is 0 Å². The van der Waals surface area contributed by atoms with Gasteiger partial charge in [0.05, 0.1) is 6.61 Å². The molecule has 2 saturated heterocycles. The van der Waals surface area contributed by atoms with Gasteiger partial charge in [0.2, 0.25) is 5.91 Å². The van der Waals surface area contributed by atoms with E-state index in [-0.39, 0.29) is 12.0 Å². The highest BCUT2D eigenvalue weighted by Gasteiger charge is 2.25. The van der Waals surface area contributed by atoms with E-state index < -0.39 is 0 Å². The predicted octanol–water partition coefficient (Wildman–Crippen LogP) is 1.41. The zero-order valence-electron chi connectivity index (χ0n) is 13.9. The second-order valence-electron chi connectivity index (χ2n) is 6.36. The third-order valence-corrected chi connectivity index (χ3v) is 4.54. The summed E-state index contributed by atoms with van der Waals surface area (Å²) in [5.41, 5.74) is 0. The number of amides is 2. The third-order valence-electron chi connectivity index (χ3n) is 4.54. The SMILES string of the molecule is CCOC(=O)N1CCN(C(=O)CCN2CCCC(C)C2)CC1. The number of nitrogens with zero attached hydrogens (tertiary/aromatic N) is 3. The van der Waals surface area contributed by atoms with E-state index in [1.54, 1.807) is 11.8 Å². The first-order valence-electron chi connectivity index (χ1n) is 8.52. The minimum atomic E-state index is -0.267. The molecule has 2 heterocycles. The van der Waals surface area contributed by atoms with Crippen molar-refractivity contribution in [2.45, 2.75) is 33.1 Å². The Kier molecular flexibility index (Phi) is 6.49. The third kappa shape index (κ3) is 4.87. The van der Waals surface area contributed by atoms with Crippen LogP contribution in [-0.4, -0.2) is 79.1 Å². The van der Waals surface area contributed by atoms with Crippen LogP contribution >= 0.6 is 0 Å². The molecule has 6 heteroatoms. The van der Waals surface area contributed by atoms with E-state index in [1.807, 2.05) is 4.90 Å². The molecule has 0 aromatic rings. The fraction of sp³-hybridized carbons (Fsp3) is 0.875. The van der Waals surface area contributed by atoms with Crippen molar-refractivity contribution in [3.63, 3.8) is 0 Å². The normalized spacial score (nSPS) is 23.5. The summed E-state index contributed by atoms with van der Waals surface area (Å²) in [6, 6.07) is 0. The van der Waals surface area contributed by atoms with E-state index in [9.17, 15) is 9.59 Å². The molecule has 2 amide bonds. The smallest absolute Gasteiger partial charge is 0.409 e. The minimum Gasteiger partial charge on any atom is -0.450 e. The summed E-state index contributed by atoms with van der Waals surface area (Å²) < 4.78 is 4.99. The predicted molar refractivity (Wildman–Crippen MR) is 84.6 cm³/mol. The number of piperidine rings is 1. The van der Waals surface area contributed by atoms with Gasteiger partial charge < -0.3 is 19.4 Å². The molecular formula is C16H29N3O3. The molecule has 2 rings (SSSR count). The maximum atomic E-state index is 12.3. The molecular weight excluding hydrogens is 282 g/mol. The summed E-state index contributed by atoms with van der Waals surface area (Å²) in [6.45, 7) is 9.96. The summed E-state index contributed by atoms with van der Waals surface area (Å²) in [5.74, 6) is 0.957. The first-order chi connectivity index (χ1) is 10.6. The fourth-order valence-electron chi connectivity index (χ4n) is 3.25. The van der Waals surface area contributed by atoms with Crippen LogP contribution in [0.4, 0.5) is 4.79 Å². The molecule has 0 saturated carbocycles. The minimum absolute atomic E-state index is 0.210. The Morgan fingerprint density at radius 1 is 1.09 bits per heavy atom. The average Bonchev–Trinajstić information content (AvgIpc) is 2.53. The Hall–Kier alpha value is -1.30. The Labute approximate surface area is 133 Å². The first-order valence-corrected chi connectivity index (χ1v) is 8.52. The van der Waals surface area contributed by atoms with Gasteiger partial charge in [0.1, 0.15) is 0 Å². The van der Waals surface area contributed by atoms with Crippen molar-refractivity contribution in [2.75, 3.05) is 52.4 Å². The summed E-state index contributed by atoms with van der Waals surface area (Å²) in [5, 5.41) is 0. The number of hydrogen-bond acceptors (Lipinski definition) is 4. The number of likely N-dealkylation sites (tertiary alicyclic amines) is 1. The highest BCUT2D eigenvalue weighted by atomic mass is 16.6. The lowest BCUT2D eigenvalue weighted by atomic mass is 10.0. The Balaban J connectivity index is 1.67. The molecule has 22 heavy (non-hydrogen) atoms. The topological polar surface area (TPSA) is 53.1 Å². The molecule has 1 atom stereocenters. The van der Waals surface area contributed by atoms with Gasteiger partial charge in [-0.2, -0.15) is 0 Å². The van der Waals surface area contributed by atoms with Gasteiger partial charge in [0, 0.05) is 45.7 Å². The highest BCUT2D eigenvalue weighted by molar-refractivity contribution is 5.77. The highest BCUT2D eigenvalue weighted by Crippen LogP contribution is 2.15. The number of ether oxygens (including phenoxy) is 1. The van der Waals surface area contributed by atoms with Gasteiger partial charge in [-0.15, -0.1) is 0 Å². The largest absolute Gasteiger partial charge is 0.450 e. The molecule has 1 unspecified atom stereocenters. The lowest BCUT2D eigenvalue weighted by Crippen LogP contribution is -2.51. The molecule has 126 valence electrons. The van der Waals surface area contributed by atoms with Crippen LogP contribution in [0.15, 0.2) is 0 Å². The number of piperazine rings is 1. The standard InChI is InChI=1S/C16H29N3O3/c1-3-22-16(21)19-11-9-18(10-12-19)15(20)6-8-17-7-4-5-14(2)13-17/h14H,3-13H2,1-2H3. The van der Waals surface area contributed by atoms with Crippen molar-refractivity contribution >= 4 is 12.0 Å². The zero-order chi connectivity index (χ0) is 15.9. The summed E-state index contributed by atoms with van der Waals surface area (Å²) >= 11 is 0. The van der Waals surface area contributed by atoms with E-state index in [4.69, 9.17) is 4.74 Å². The first kappa shape index (κ1) is 17.1. The van der Waals surface area contributed by atoms with E-state index in [0.717, 1.165) is 25.6 Å². The Morgan fingerprint density at radius 2 is 1.77 bits per heavy atom. The molecule has 0 bridgehead atoms. The van der Waals surface area contributed by atoms with E-state index in [0.29, 0.717) is 39.2 Å². The van der Waals surface area contributed by atoms with Gasteiger partial charge >= 0.3 is 6.09 Å². The molecule has 0 spiro atoms. The monoisotopic (exact) mass is 311 g/mol. The van der Waals surface area contributed by atoms with Crippen LogP contribution in [-0.2, 0) is 9.53 Å². The van der Waals surface area contributed by atoms with Gasteiger partial charge in [-0.25, -0.2) is 4.79 Å². The van der Waals surface area contributed by atoms with Gasteiger partial charge in [-0.1, -0.05) is 6.92 Å². The fourth-order valence-corrected chi connectivity index (χ4v) is 3.25. The van der Waals surface area contributed by atoms with Crippen LogP contribution in [0.1, 0.15) is 33.1 Å². The number of rotatable bonds is 4. The van der Waals surface area contributed by atoms with Gasteiger partial charge in [0.15, 0.2) is 0 Å². The quantitative estimate of drug-likeness (QED) is 0.788. The molecule has 0 aromatic carbocycles. The summed E-state index contributed by atoms with van der Waals surface area (Å²) in [7, 11) is 0. The van der Waals surface area contributed by atoms with Gasteiger partial charge in [-0.05, 0) is 32.2 Å². The molecule has 0 radical (unpaired) electrons. The lowest BCUT2D eigenvalue weighted by molar-refractivity contribution is -0.133. The molecule has 0 aromatic heterocycles. The van der Waals surface area contributed by atoms with Crippen molar-refractivity contribution in [3.8, 4) is 0 Å². The Morgan fingerprint density at radius 3 is 2.41 bits per heavy atom. The van der Waals surface area contributed by atoms with Crippen molar-refractivity contribution in [1.29, 1.82) is 0 Å². The van der Waals surface area contributed by atoms with Crippen molar-refractivity contribution in [1.82, 2.24) is 14.7 Å². The number of hydrogen-bond donors (Lipinski definition) is 0. The molecule has 2 aliphatic rings. The second kappa shape index (κ2) is 8.36. The second-order valence-corrected chi connectivity index (χ2v) is 6.36. The molecule has 6 nitrogen and oxygen atoms in total. The van der Waals surface area contributed by atoms with E-state index in [2.05, 4.69) is 11.8 Å². The summed E-state index contributed by atoms with van der Waals surface area (Å²) in [6.07, 6.45) is 2.87. The van der Waals surface area contributed by atoms with Gasteiger partial charge in [-0.3, -0.25) is 4.79 Å². The zero-order valence-corrected chi connectivity index (χ0v) is 13.9. The number of carbonyl (C=O) groups excluding carboxylic acids is 2. The Bertz CT molecular complexity index is 381. The van der Waals surface area contributed by atoms with Gasteiger partial charge in [0.25, 0.3) is 0 Å². The molecule has 2 aliphatic heterocycles. The van der Waals surface area contributed by atoms with Crippen LogP contribution in [0.25, 0.3) is 0 Å². The van der Waals surface area contributed by atoms with E-state index >= 15 is 0 Å². The maximum Gasteiger partial charge on any atom is 0.409 e. The van der Waals surface area contributed by atoms with Crippen molar-refractivity contribution in [2.24, 2.45) is 5.92 Å². The van der Waals surface area contributed by atoms with Crippen molar-refractivity contribution < 1.29 is 14.3 Å².